The molecule has 1 atom stereocenters. The fourth-order valence-corrected chi connectivity index (χ4v) is 14.2. The Bertz CT molecular complexity index is 4220. The number of thiophene rings is 1. The van der Waals surface area contributed by atoms with Crippen LogP contribution in [-0.2, 0) is 5.41 Å². The molecule has 0 fully saturated rings. The maximum Gasteiger partial charge on any atom is 0.0735 e. The molecular formula is C63H38N2S2. The molecule has 1 aliphatic carbocycles. The predicted octanol–water partition coefficient (Wildman–Crippen LogP) is 17.8. The van der Waals surface area contributed by atoms with Gasteiger partial charge in [-0.3, -0.25) is 0 Å². The van der Waals surface area contributed by atoms with Gasteiger partial charge in [0, 0.05) is 63.2 Å². The Labute approximate surface area is 395 Å². The van der Waals surface area contributed by atoms with E-state index in [4.69, 9.17) is 0 Å². The molecule has 0 amide bonds. The van der Waals surface area contributed by atoms with Gasteiger partial charge in [0.2, 0.25) is 0 Å². The maximum atomic E-state index is 2.49. The average Bonchev–Trinajstić information content (AvgIpc) is 3.92. The summed E-state index contributed by atoms with van der Waals surface area (Å²) in [4.78, 5) is 5.05. The molecule has 3 heterocycles. The molecular weight excluding hydrogens is 849 g/mol. The van der Waals surface area contributed by atoms with Crippen molar-refractivity contribution in [1.29, 1.82) is 0 Å². The lowest BCUT2D eigenvalue weighted by Crippen LogP contribution is -2.36. The smallest absolute Gasteiger partial charge is 0.0735 e. The highest BCUT2D eigenvalue weighted by molar-refractivity contribution is 7.99. The number of para-hydroxylation sites is 1. The van der Waals surface area contributed by atoms with Gasteiger partial charge in [0.1, 0.15) is 0 Å². The summed E-state index contributed by atoms with van der Waals surface area (Å²) in [6.07, 6.45) is 0. The predicted molar refractivity (Wildman–Crippen MR) is 285 cm³/mol. The van der Waals surface area contributed by atoms with Crippen molar-refractivity contribution >= 4 is 104 Å². The Morgan fingerprint density at radius 2 is 0.955 bits per heavy atom. The zero-order valence-electron chi connectivity index (χ0n) is 36.2. The van der Waals surface area contributed by atoms with Gasteiger partial charge in [-0.05, 0) is 122 Å². The highest BCUT2D eigenvalue weighted by atomic mass is 32.2. The van der Waals surface area contributed by atoms with E-state index in [1.807, 2.05) is 23.1 Å². The molecule has 2 aliphatic rings. The molecule has 1 aliphatic heterocycles. The maximum absolute atomic E-state index is 2.49. The summed E-state index contributed by atoms with van der Waals surface area (Å²) < 4.78 is 5.06. The first kappa shape index (κ1) is 37.3. The van der Waals surface area contributed by atoms with Gasteiger partial charge in [-0.2, -0.15) is 0 Å². The first-order valence-electron chi connectivity index (χ1n) is 23.0. The lowest BCUT2D eigenvalue weighted by Gasteiger charge is -2.46. The van der Waals surface area contributed by atoms with Crippen LogP contribution in [0.5, 0.6) is 0 Å². The van der Waals surface area contributed by atoms with E-state index < -0.39 is 5.41 Å². The van der Waals surface area contributed by atoms with Gasteiger partial charge in [0.25, 0.3) is 0 Å². The van der Waals surface area contributed by atoms with Crippen LogP contribution in [-0.4, -0.2) is 4.57 Å². The van der Waals surface area contributed by atoms with E-state index in [9.17, 15) is 0 Å². The Balaban J connectivity index is 0.994. The van der Waals surface area contributed by atoms with Crippen molar-refractivity contribution in [3.63, 3.8) is 0 Å². The van der Waals surface area contributed by atoms with Gasteiger partial charge in [-0.1, -0.05) is 169 Å². The first-order chi connectivity index (χ1) is 33.2. The zero-order chi connectivity index (χ0) is 43.8. The summed E-state index contributed by atoms with van der Waals surface area (Å²) in [5.74, 6) is 0. The standard InChI is InChI=1S/C63H38N2S2/c1-2-18-44-39(14-1)15-13-27-55(44)65-56-26-8-4-20-46(56)49-36-41(31-34-57(49)65)64(42-32-35-59-50(37-42)47-21-5-9-28-58(47)66-59)43-30-33-53-61(38-43)67-60-29-10-7-24-52(60)63(53)51-23-6-3-19-45(51)48-22-11-16-40-17-12-25-54(63)62(40)48/h1-38H. The van der Waals surface area contributed by atoms with Crippen LogP contribution in [0.2, 0.25) is 0 Å². The zero-order valence-corrected chi connectivity index (χ0v) is 37.8. The molecule has 0 N–H and O–H groups in total. The van der Waals surface area contributed by atoms with Crippen LogP contribution in [0.1, 0.15) is 22.3 Å². The third-order valence-corrected chi connectivity index (χ3v) is 16.9. The highest BCUT2D eigenvalue weighted by Gasteiger charge is 2.48. The van der Waals surface area contributed by atoms with Gasteiger partial charge in [-0.25, -0.2) is 0 Å². The second-order valence-electron chi connectivity index (χ2n) is 17.9. The minimum absolute atomic E-state index is 0.512. The highest BCUT2D eigenvalue weighted by Crippen LogP contribution is 2.62. The van der Waals surface area contributed by atoms with Crippen molar-refractivity contribution in [1.82, 2.24) is 4.57 Å². The van der Waals surface area contributed by atoms with Crippen molar-refractivity contribution in [3.05, 3.63) is 253 Å². The SMILES string of the molecule is c1ccc2c(c1)Sc1cc(N(c3ccc4sc5ccccc5c4c3)c3ccc4c(c3)c3ccccc3n4-c3cccc4ccccc34)ccc1C21c2ccccc2-c2cccc3cccc1c23. The molecule has 0 radical (unpaired) electrons. The second-order valence-corrected chi connectivity index (χ2v) is 20.1. The molecule has 11 aromatic carbocycles. The van der Waals surface area contributed by atoms with Gasteiger partial charge in [0.15, 0.2) is 0 Å². The molecule has 0 bridgehead atoms. The summed E-state index contributed by atoms with van der Waals surface area (Å²) >= 11 is 3.77. The lowest BCUT2D eigenvalue weighted by atomic mass is 9.59. The fraction of sp³-hybridized carbons (Fsp3) is 0.0159. The van der Waals surface area contributed by atoms with E-state index in [1.54, 1.807) is 0 Å². The van der Waals surface area contributed by atoms with Crippen LogP contribution >= 0.6 is 23.1 Å². The van der Waals surface area contributed by atoms with E-state index in [2.05, 4.69) is 240 Å². The summed E-state index contributed by atoms with van der Waals surface area (Å²) in [6.45, 7) is 0. The van der Waals surface area contributed by atoms with Gasteiger partial charge in [0.05, 0.1) is 22.1 Å². The van der Waals surface area contributed by atoms with Crippen molar-refractivity contribution in [3.8, 4) is 16.8 Å². The molecule has 0 saturated heterocycles. The lowest BCUT2D eigenvalue weighted by molar-refractivity contribution is 0.707. The molecule has 1 spiro atoms. The van der Waals surface area contributed by atoms with Crippen molar-refractivity contribution < 1.29 is 0 Å². The summed E-state index contributed by atoms with van der Waals surface area (Å²) in [5.41, 5.74) is 14.4. The topological polar surface area (TPSA) is 8.17 Å². The number of fused-ring (bicyclic) bond motifs is 15. The second kappa shape index (κ2) is 14.1. The van der Waals surface area contributed by atoms with E-state index in [0.717, 1.165) is 17.1 Å². The number of anilines is 3. The van der Waals surface area contributed by atoms with E-state index in [1.165, 1.54) is 112 Å². The van der Waals surface area contributed by atoms with Crippen LogP contribution in [0.25, 0.3) is 80.3 Å². The molecule has 2 aromatic heterocycles. The van der Waals surface area contributed by atoms with Crippen LogP contribution in [0.4, 0.5) is 17.1 Å². The number of aromatic nitrogens is 1. The minimum Gasteiger partial charge on any atom is -0.310 e. The number of benzene rings is 11. The van der Waals surface area contributed by atoms with Crippen LogP contribution in [0, 0.1) is 0 Å². The van der Waals surface area contributed by atoms with Gasteiger partial charge < -0.3 is 9.47 Å². The summed E-state index contributed by atoms with van der Waals surface area (Å²) in [6, 6.07) is 86.5. The van der Waals surface area contributed by atoms with Crippen LogP contribution in [0.3, 0.4) is 0 Å². The van der Waals surface area contributed by atoms with Crippen LogP contribution < -0.4 is 4.90 Å². The summed E-state index contributed by atoms with van der Waals surface area (Å²) in [7, 11) is 0. The Kier molecular flexibility index (Phi) is 7.84. The van der Waals surface area contributed by atoms with E-state index >= 15 is 0 Å². The first-order valence-corrected chi connectivity index (χ1v) is 24.6. The summed E-state index contributed by atoms with van der Waals surface area (Å²) in [5, 5.41) is 10.1. The molecule has 2 nitrogen and oxygen atoms in total. The Morgan fingerprint density at radius 3 is 1.88 bits per heavy atom. The molecule has 13 aromatic rings. The number of rotatable bonds is 4. The largest absolute Gasteiger partial charge is 0.310 e. The third-order valence-electron chi connectivity index (χ3n) is 14.6. The normalized spacial score (nSPS) is 14.9. The van der Waals surface area contributed by atoms with Crippen molar-refractivity contribution in [2.75, 3.05) is 4.90 Å². The van der Waals surface area contributed by atoms with Crippen molar-refractivity contribution in [2.45, 2.75) is 15.2 Å². The molecule has 4 heteroatoms. The van der Waals surface area contributed by atoms with Gasteiger partial charge >= 0.3 is 0 Å². The van der Waals surface area contributed by atoms with Crippen molar-refractivity contribution in [2.24, 2.45) is 0 Å². The quantitative estimate of drug-likeness (QED) is 0.174. The molecule has 67 heavy (non-hydrogen) atoms. The number of hydrogen-bond acceptors (Lipinski definition) is 3. The average molecular weight is 887 g/mol. The molecule has 1 unspecified atom stereocenters. The van der Waals surface area contributed by atoms with Crippen LogP contribution in [0.15, 0.2) is 240 Å². The Hall–Kier alpha value is -7.89. The van der Waals surface area contributed by atoms with Gasteiger partial charge in [-0.15, -0.1) is 11.3 Å². The number of hydrogen-bond donors (Lipinski definition) is 0. The fourth-order valence-electron chi connectivity index (χ4n) is 11.9. The molecule has 312 valence electrons. The minimum atomic E-state index is -0.512. The monoisotopic (exact) mass is 886 g/mol. The number of nitrogens with zero attached hydrogens (tertiary/aromatic N) is 2. The van der Waals surface area contributed by atoms with E-state index in [0.29, 0.717) is 0 Å². The molecule has 0 saturated carbocycles. The Morgan fingerprint density at radius 1 is 0.358 bits per heavy atom. The third kappa shape index (κ3) is 5.17. The van der Waals surface area contributed by atoms with E-state index in [-0.39, 0.29) is 0 Å². The molecule has 15 rings (SSSR count).